The average Bonchev–Trinajstić information content (AvgIpc) is 2.97. The number of carbonyl (C=O) groups is 1. The van der Waals surface area contributed by atoms with Crippen LogP contribution in [0.1, 0.15) is 50.4 Å². The molecule has 0 fully saturated rings. The summed E-state index contributed by atoms with van der Waals surface area (Å²) >= 11 is 0. The maximum Gasteiger partial charge on any atom is 0.261 e. The Kier molecular flexibility index (Phi) is 12.4. The van der Waals surface area contributed by atoms with E-state index in [-0.39, 0.29) is 47.9 Å². The van der Waals surface area contributed by atoms with E-state index in [1.54, 1.807) is 13.0 Å². The predicted octanol–water partition coefficient (Wildman–Crippen LogP) is 3.18. The van der Waals surface area contributed by atoms with Crippen LogP contribution < -0.4 is 14.2 Å². The lowest BCUT2D eigenvalue weighted by Crippen LogP contribution is -2.47. The minimum Gasteiger partial charge on any atom is -0.497 e. The van der Waals surface area contributed by atoms with Gasteiger partial charge in [-0.05, 0) is 75.6 Å². The molecule has 12 nitrogen and oxygen atoms in total. The summed E-state index contributed by atoms with van der Waals surface area (Å²) in [6.45, 7) is 5.78. The topological polar surface area (TPSA) is 152 Å². The highest BCUT2D eigenvalue weighted by Crippen LogP contribution is 2.30. The van der Waals surface area contributed by atoms with Gasteiger partial charge in [0, 0.05) is 38.3 Å². The van der Waals surface area contributed by atoms with E-state index in [2.05, 4.69) is 4.72 Å². The van der Waals surface area contributed by atoms with E-state index in [9.17, 15) is 26.7 Å². The molecule has 0 saturated heterocycles. The number of anilines is 1. The van der Waals surface area contributed by atoms with E-state index in [4.69, 9.17) is 14.2 Å². The molecule has 0 bridgehead atoms. The van der Waals surface area contributed by atoms with E-state index >= 15 is 0 Å². The van der Waals surface area contributed by atoms with Gasteiger partial charge in [-0.2, -0.15) is 0 Å². The van der Waals surface area contributed by atoms with Gasteiger partial charge in [-0.1, -0.05) is 6.92 Å². The summed E-state index contributed by atoms with van der Waals surface area (Å²) in [7, 11) is -4.49. The number of carbonyl (C=O) groups excluding carboxylic acids is 1. The lowest BCUT2D eigenvalue weighted by atomic mass is 10.0. The van der Waals surface area contributed by atoms with Gasteiger partial charge in [-0.3, -0.25) is 9.52 Å². The standard InChI is InChI=1S/C30H45N3O9S2/c1-21-18-33(22(2)20-34)30(35)27-17-24(31-44(38,39)26-13-11-25(40-5)12-14-26)10-15-28(27)42-23(3)9-7-8-16-41-29(21)19-32(4)43(6,36)37/h10-15,17,21-23,29,31,34H,7-9,16,18-20H2,1-6H3/t21-,22+,23-,29-/m0/s1. The molecule has 1 heterocycles. The molecule has 0 radical (unpaired) electrons. The normalized spacial score (nSPS) is 21.6. The highest BCUT2D eigenvalue weighted by Gasteiger charge is 2.31. The van der Waals surface area contributed by atoms with Crippen LogP contribution in [0, 0.1) is 5.92 Å². The summed E-state index contributed by atoms with van der Waals surface area (Å²) in [6, 6.07) is 9.84. The molecule has 2 aromatic rings. The number of nitrogens with zero attached hydrogens (tertiary/aromatic N) is 2. The van der Waals surface area contributed by atoms with Crippen LogP contribution in [-0.2, 0) is 24.8 Å². The van der Waals surface area contributed by atoms with Crippen molar-refractivity contribution in [2.75, 3.05) is 51.4 Å². The first-order valence-corrected chi connectivity index (χ1v) is 17.9. The fraction of sp³-hybridized carbons (Fsp3) is 0.567. The van der Waals surface area contributed by atoms with Crippen LogP contribution in [0.15, 0.2) is 47.4 Å². The van der Waals surface area contributed by atoms with Crippen LogP contribution >= 0.6 is 0 Å². The Hall–Kier alpha value is -2.91. The van der Waals surface area contributed by atoms with E-state index in [1.165, 1.54) is 59.8 Å². The number of nitrogens with one attached hydrogen (secondary N) is 1. The maximum atomic E-state index is 14.2. The molecule has 1 aliphatic heterocycles. The van der Waals surface area contributed by atoms with Gasteiger partial charge in [0.25, 0.3) is 15.9 Å². The van der Waals surface area contributed by atoms with Crippen molar-refractivity contribution < 1.29 is 40.9 Å². The van der Waals surface area contributed by atoms with Crippen molar-refractivity contribution in [2.45, 2.75) is 63.2 Å². The van der Waals surface area contributed by atoms with Crippen molar-refractivity contribution >= 4 is 31.6 Å². The van der Waals surface area contributed by atoms with Crippen molar-refractivity contribution in [1.82, 2.24) is 9.21 Å². The van der Waals surface area contributed by atoms with E-state index in [1.807, 2.05) is 13.8 Å². The zero-order chi connectivity index (χ0) is 32.7. The smallest absolute Gasteiger partial charge is 0.261 e. The van der Waals surface area contributed by atoms with Gasteiger partial charge in [-0.15, -0.1) is 0 Å². The Bertz CT molecular complexity index is 1470. The number of fused-ring (bicyclic) bond motifs is 1. The van der Waals surface area contributed by atoms with Crippen molar-refractivity contribution in [3.63, 3.8) is 0 Å². The number of aliphatic hydroxyl groups is 1. The quantitative estimate of drug-likeness (QED) is 0.415. The summed E-state index contributed by atoms with van der Waals surface area (Å²) in [5.41, 5.74) is 0.285. The first kappa shape index (κ1) is 35.6. The second-order valence-electron chi connectivity index (χ2n) is 11.3. The molecule has 0 spiro atoms. The fourth-order valence-corrected chi connectivity index (χ4v) is 6.27. The Morgan fingerprint density at radius 1 is 1.11 bits per heavy atom. The number of sulfonamides is 2. The number of aliphatic hydroxyl groups excluding tert-OH is 1. The maximum absolute atomic E-state index is 14.2. The molecule has 246 valence electrons. The first-order chi connectivity index (χ1) is 20.7. The third kappa shape index (κ3) is 9.54. The first-order valence-electron chi connectivity index (χ1n) is 14.6. The van der Waals surface area contributed by atoms with Gasteiger partial charge in [0.15, 0.2) is 0 Å². The molecule has 0 saturated carbocycles. The minimum atomic E-state index is -4.00. The van der Waals surface area contributed by atoms with Crippen molar-refractivity contribution in [3.05, 3.63) is 48.0 Å². The summed E-state index contributed by atoms with van der Waals surface area (Å²) in [5, 5.41) is 10.1. The lowest BCUT2D eigenvalue weighted by molar-refractivity contribution is -0.00828. The monoisotopic (exact) mass is 655 g/mol. The number of amides is 1. The molecule has 14 heteroatoms. The fourth-order valence-electron chi connectivity index (χ4n) is 4.81. The average molecular weight is 656 g/mol. The molecule has 1 amide bonds. The number of hydrogen-bond acceptors (Lipinski definition) is 9. The highest BCUT2D eigenvalue weighted by atomic mass is 32.2. The third-order valence-electron chi connectivity index (χ3n) is 7.68. The number of methoxy groups -OCH3 is 1. The molecule has 3 rings (SSSR count). The number of benzene rings is 2. The minimum absolute atomic E-state index is 0.0176. The molecular formula is C30H45N3O9S2. The molecule has 0 aliphatic carbocycles. The number of likely N-dealkylation sites (N-methyl/N-ethyl adjacent to an activating group) is 1. The zero-order valence-corrected chi connectivity index (χ0v) is 27.9. The van der Waals surface area contributed by atoms with E-state index in [0.717, 1.165) is 19.1 Å². The predicted molar refractivity (Wildman–Crippen MR) is 168 cm³/mol. The van der Waals surface area contributed by atoms with Gasteiger partial charge in [-0.25, -0.2) is 21.1 Å². The van der Waals surface area contributed by atoms with E-state index < -0.39 is 38.1 Å². The summed E-state index contributed by atoms with van der Waals surface area (Å²) < 4.78 is 71.9. The molecule has 1 aliphatic rings. The van der Waals surface area contributed by atoms with Gasteiger partial charge in [0.2, 0.25) is 10.0 Å². The molecule has 44 heavy (non-hydrogen) atoms. The van der Waals surface area contributed by atoms with Crippen LogP contribution in [0.2, 0.25) is 0 Å². The number of rotatable bonds is 9. The Morgan fingerprint density at radius 3 is 2.41 bits per heavy atom. The van der Waals surface area contributed by atoms with Gasteiger partial charge in [0.05, 0.1) is 48.7 Å². The van der Waals surface area contributed by atoms with Gasteiger partial charge < -0.3 is 24.2 Å². The molecule has 2 N–H and O–H groups in total. The van der Waals surface area contributed by atoms with E-state index in [0.29, 0.717) is 24.5 Å². The van der Waals surface area contributed by atoms with Crippen LogP contribution in [0.5, 0.6) is 11.5 Å². The van der Waals surface area contributed by atoms with Crippen molar-refractivity contribution in [3.8, 4) is 11.5 Å². The molecule has 4 atom stereocenters. The molecule has 0 unspecified atom stereocenters. The van der Waals surface area contributed by atoms with Crippen molar-refractivity contribution in [1.29, 1.82) is 0 Å². The molecule has 0 aromatic heterocycles. The molecular weight excluding hydrogens is 610 g/mol. The van der Waals surface area contributed by atoms with Crippen LogP contribution in [-0.4, -0.2) is 102 Å². The van der Waals surface area contributed by atoms with Crippen LogP contribution in [0.3, 0.4) is 0 Å². The Balaban J connectivity index is 2.02. The van der Waals surface area contributed by atoms with Crippen LogP contribution in [0.4, 0.5) is 5.69 Å². The van der Waals surface area contributed by atoms with Crippen molar-refractivity contribution in [2.24, 2.45) is 5.92 Å². The third-order valence-corrected chi connectivity index (χ3v) is 10.4. The second-order valence-corrected chi connectivity index (χ2v) is 15.1. The largest absolute Gasteiger partial charge is 0.497 e. The number of hydrogen-bond donors (Lipinski definition) is 2. The Morgan fingerprint density at radius 2 is 1.80 bits per heavy atom. The summed E-state index contributed by atoms with van der Waals surface area (Å²) in [5.74, 6) is 0.00733. The zero-order valence-electron chi connectivity index (χ0n) is 26.2. The summed E-state index contributed by atoms with van der Waals surface area (Å²) in [6.07, 6.45) is 2.53. The molecule has 2 aromatic carbocycles. The van der Waals surface area contributed by atoms with Gasteiger partial charge in [0.1, 0.15) is 11.5 Å². The highest BCUT2D eigenvalue weighted by molar-refractivity contribution is 7.92. The van der Waals surface area contributed by atoms with Gasteiger partial charge >= 0.3 is 0 Å². The lowest BCUT2D eigenvalue weighted by Gasteiger charge is -2.35. The second kappa shape index (κ2) is 15.4. The Labute approximate surface area is 261 Å². The summed E-state index contributed by atoms with van der Waals surface area (Å²) in [4.78, 5) is 15.7. The van der Waals surface area contributed by atoms with Crippen LogP contribution in [0.25, 0.3) is 0 Å². The number of ether oxygens (including phenoxy) is 3. The SMILES string of the molecule is COc1ccc(S(=O)(=O)Nc2ccc3c(c2)C(=O)N([C@H](C)CO)C[C@H](C)[C@H](CN(C)S(C)(=O)=O)OCCCC[C@H](C)O3)cc1.